The molecule has 1 rings (SSSR count). The Bertz CT molecular complexity index is 598. The topological polar surface area (TPSA) is 0 Å². The van der Waals surface area contributed by atoms with Crippen molar-refractivity contribution in [3.8, 4) is 0 Å². The molecule has 0 spiro atoms. The Kier molecular flexibility index (Phi) is 26.9. The number of benzene rings is 1. The standard InChI is InChI=1S/C18H30.C8H10.2C2H6.CH4/c1-8-11-12-17(10-3)18(6,7)16(5)14-13-15(4)9-2;1-7-3-5-8(2)6-4-7;2*1-2;/h9-14,16H,8H2,1-7H3;3-6H,1-2H3;2*1-2H3;1H4/b12-11-,14-13-,15-9-,17-10+;;;;. The summed E-state index contributed by atoms with van der Waals surface area (Å²) in [5.74, 6) is 0.514. The molecule has 0 heterocycles. The third kappa shape index (κ3) is 17.5. The van der Waals surface area contributed by atoms with Gasteiger partial charge in [-0.3, -0.25) is 0 Å². The minimum atomic E-state index is 0. The van der Waals surface area contributed by atoms with E-state index in [1.165, 1.54) is 22.3 Å². The van der Waals surface area contributed by atoms with E-state index in [1.54, 1.807) is 0 Å². The molecule has 31 heavy (non-hydrogen) atoms. The lowest BCUT2D eigenvalue weighted by atomic mass is 9.73. The first-order valence-corrected chi connectivity index (χ1v) is 11.9. The highest BCUT2D eigenvalue weighted by Gasteiger charge is 2.26. The van der Waals surface area contributed by atoms with Crippen LogP contribution >= 0.6 is 0 Å². The minimum Gasteiger partial charge on any atom is -0.0847 e. The largest absolute Gasteiger partial charge is 0.0847 e. The van der Waals surface area contributed by atoms with Crippen LogP contribution in [0.1, 0.15) is 101 Å². The van der Waals surface area contributed by atoms with Crippen molar-refractivity contribution in [3.05, 3.63) is 83.0 Å². The molecular weight excluding hydrogens is 372 g/mol. The lowest BCUT2D eigenvalue weighted by molar-refractivity contribution is 0.350. The van der Waals surface area contributed by atoms with Crippen molar-refractivity contribution in [2.24, 2.45) is 11.3 Å². The average molecular weight is 429 g/mol. The molecule has 0 N–H and O–H groups in total. The molecule has 0 radical (unpaired) electrons. The summed E-state index contributed by atoms with van der Waals surface area (Å²) in [7, 11) is 0. The van der Waals surface area contributed by atoms with Crippen molar-refractivity contribution in [2.45, 2.75) is 104 Å². The predicted molar refractivity (Wildman–Crippen MR) is 150 cm³/mol. The Labute approximate surface area is 198 Å². The Morgan fingerprint density at radius 1 is 0.871 bits per heavy atom. The average Bonchev–Trinajstić information content (AvgIpc) is 2.77. The molecule has 1 unspecified atom stereocenters. The Morgan fingerprint density at radius 2 is 1.29 bits per heavy atom. The van der Waals surface area contributed by atoms with E-state index in [1.807, 2.05) is 27.7 Å². The van der Waals surface area contributed by atoms with Gasteiger partial charge in [0, 0.05) is 0 Å². The fourth-order valence-electron chi connectivity index (χ4n) is 2.46. The first-order valence-electron chi connectivity index (χ1n) is 11.9. The zero-order valence-electron chi connectivity index (χ0n) is 22.6. The van der Waals surface area contributed by atoms with Gasteiger partial charge in [-0.2, -0.15) is 0 Å². The fourth-order valence-corrected chi connectivity index (χ4v) is 2.46. The van der Waals surface area contributed by atoms with E-state index >= 15 is 0 Å². The zero-order valence-corrected chi connectivity index (χ0v) is 22.6. The van der Waals surface area contributed by atoms with Crippen LogP contribution in [0.15, 0.2) is 71.9 Å². The van der Waals surface area contributed by atoms with E-state index in [2.05, 4.69) is 123 Å². The van der Waals surface area contributed by atoms with Crippen molar-refractivity contribution in [3.63, 3.8) is 0 Å². The number of aryl methyl sites for hydroxylation is 2. The lowest BCUT2D eigenvalue weighted by Gasteiger charge is -2.31. The van der Waals surface area contributed by atoms with Gasteiger partial charge in [0.1, 0.15) is 0 Å². The van der Waals surface area contributed by atoms with Gasteiger partial charge < -0.3 is 0 Å². The van der Waals surface area contributed by atoms with Crippen LogP contribution in [-0.2, 0) is 0 Å². The van der Waals surface area contributed by atoms with Crippen molar-refractivity contribution in [1.29, 1.82) is 0 Å². The van der Waals surface area contributed by atoms with E-state index < -0.39 is 0 Å². The van der Waals surface area contributed by atoms with E-state index in [4.69, 9.17) is 0 Å². The van der Waals surface area contributed by atoms with Crippen molar-refractivity contribution >= 4 is 0 Å². The molecule has 0 amide bonds. The monoisotopic (exact) mass is 428 g/mol. The molecule has 180 valence electrons. The lowest BCUT2D eigenvalue weighted by Crippen LogP contribution is -2.22. The number of hydrogen-bond acceptors (Lipinski definition) is 0. The number of rotatable bonds is 6. The summed E-state index contributed by atoms with van der Waals surface area (Å²) in [5, 5.41) is 0. The summed E-state index contributed by atoms with van der Waals surface area (Å²) >= 11 is 0. The van der Waals surface area contributed by atoms with Gasteiger partial charge in [-0.1, -0.05) is 140 Å². The van der Waals surface area contributed by atoms with Crippen LogP contribution < -0.4 is 0 Å². The molecule has 0 saturated carbocycles. The van der Waals surface area contributed by atoms with Crippen molar-refractivity contribution in [2.75, 3.05) is 0 Å². The molecule has 0 fully saturated rings. The first-order chi connectivity index (χ1) is 14.2. The summed E-state index contributed by atoms with van der Waals surface area (Å²) in [5.41, 5.74) is 5.57. The molecule has 0 heteroatoms. The molecule has 0 aliphatic rings. The van der Waals surface area contributed by atoms with E-state index in [-0.39, 0.29) is 12.8 Å². The van der Waals surface area contributed by atoms with Gasteiger partial charge in [0.2, 0.25) is 0 Å². The highest BCUT2D eigenvalue weighted by atomic mass is 14.3. The Morgan fingerprint density at radius 3 is 1.61 bits per heavy atom. The molecule has 0 bridgehead atoms. The SMILES string of the molecule is C.C/C=C(C)\C=C/C(C)C(C)(C)C(/C=C\CC)=C/C.CC.CC.Cc1ccc(C)cc1. The maximum absolute atomic E-state index is 2.32. The highest BCUT2D eigenvalue weighted by molar-refractivity contribution is 5.28. The second-order valence-corrected chi connectivity index (χ2v) is 7.61. The molecule has 0 saturated heterocycles. The zero-order chi connectivity index (χ0) is 24.2. The van der Waals surface area contributed by atoms with Crippen LogP contribution in [0.25, 0.3) is 0 Å². The van der Waals surface area contributed by atoms with Crippen LogP contribution in [0, 0.1) is 25.2 Å². The van der Waals surface area contributed by atoms with Crippen molar-refractivity contribution < 1.29 is 0 Å². The van der Waals surface area contributed by atoms with Crippen LogP contribution in [-0.4, -0.2) is 0 Å². The highest BCUT2D eigenvalue weighted by Crippen LogP contribution is 2.36. The van der Waals surface area contributed by atoms with Gasteiger partial charge >= 0.3 is 0 Å². The third-order valence-electron chi connectivity index (χ3n) is 5.05. The molecule has 0 aromatic heterocycles. The second-order valence-electron chi connectivity index (χ2n) is 7.61. The maximum atomic E-state index is 2.32. The van der Waals surface area contributed by atoms with E-state index in [9.17, 15) is 0 Å². The van der Waals surface area contributed by atoms with Gasteiger partial charge in [-0.15, -0.1) is 0 Å². The normalized spacial score (nSPS) is 12.5. The van der Waals surface area contributed by atoms with E-state index in [0.29, 0.717) is 5.92 Å². The molecule has 1 aromatic carbocycles. The summed E-state index contributed by atoms with van der Waals surface area (Å²) < 4.78 is 0. The smallest absolute Gasteiger partial charge is 0.00467 e. The predicted octanol–water partition coefficient (Wildman–Crippen LogP) is 11.1. The fraction of sp³-hybridized carbons (Fsp3) is 0.548. The summed E-state index contributed by atoms with van der Waals surface area (Å²) in [4.78, 5) is 0. The molecular formula is C31H56. The van der Waals surface area contributed by atoms with Crippen molar-refractivity contribution in [1.82, 2.24) is 0 Å². The van der Waals surface area contributed by atoms with Gasteiger partial charge in [0.05, 0.1) is 0 Å². The van der Waals surface area contributed by atoms with E-state index in [0.717, 1.165) is 6.42 Å². The molecule has 0 nitrogen and oxygen atoms in total. The minimum absolute atomic E-state index is 0. The number of hydrogen-bond donors (Lipinski definition) is 0. The van der Waals surface area contributed by atoms with Gasteiger partial charge in [-0.05, 0) is 57.9 Å². The third-order valence-corrected chi connectivity index (χ3v) is 5.05. The van der Waals surface area contributed by atoms with Gasteiger partial charge in [0.25, 0.3) is 0 Å². The molecule has 0 aliphatic carbocycles. The van der Waals surface area contributed by atoms with Crippen LogP contribution in [0.4, 0.5) is 0 Å². The first kappa shape index (κ1) is 36.5. The molecule has 1 aromatic rings. The van der Waals surface area contributed by atoms with Crippen LogP contribution in [0.5, 0.6) is 0 Å². The number of allylic oxidation sites excluding steroid dienone is 8. The van der Waals surface area contributed by atoms with Crippen LogP contribution in [0.2, 0.25) is 0 Å². The summed E-state index contributed by atoms with van der Waals surface area (Å²) in [6.07, 6.45) is 14.5. The Hall–Kier alpha value is -1.82. The molecule has 1 atom stereocenters. The van der Waals surface area contributed by atoms with Gasteiger partial charge in [-0.25, -0.2) is 0 Å². The molecule has 0 aliphatic heterocycles. The van der Waals surface area contributed by atoms with Gasteiger partial charge in [0.15, 0.2) is 0 Å². The summed E-state index contributed by atoms with van der Waals surface area (Å²) in [6, 6.07) is 8.48. The van der Waals surface area contributed by atoms with Crippen LogP contribution in [0.3, 0.4) is 0 Å². The second kappa shape index (κ2) is 22.9. The quantitative estimate of drug-likeness (QED) is 0.395. The maximum Gasteiger partial charge on any atom is -0.00467 e. The Balaban J connectivity index is -0.000000233. The summed E-state index contributed by atoms with van der Waals surface area (Å²) in [6.45, 7) is 27.7.